The van der Waals surface area contributed by atoms with Gasteiger partial charge in [0.25, 0.3) is 5.91 Å². The first-order chi connectivity index (χ1) is 11.9. The molecule has 2 fully saturated rings. The number of nitrogens with zero attached hydrogens (tertiary/aromatic N) is 2. The van der Waals surface area contributed by atoms with Crippen LogP contribution in [-0.2, 0) is 10.2 Å². The molecule has 1 atom stereocenters. The monoisotopic (exact) mass is 345 g/mol. The van der Waals surface area contributed by atoms with E-state index in [2.05, 4.69) is 37.1 Å². The minimum Gasteiger partial charge on any atom is -0.483 e. The predicted octanol–water partition coefficient (Wildman–Crippen LogP) is 1.87. The third-order valence-electron chi connectivity index (χ3n) is 5.23. The van der Waals surface area contributed by atoms with E-state index in [1.54, 1.807) is 0 Å². The highest BCUT2D eigenvalue weighted by Gasteiger charge is 2.31. The Morgan fingerprint density at radius 3 is 2.64 bits per heavy atom. The van der Waals surface area contributed by atoms with Crippen LogP contribution in [-0.4, -0.2) is 67.6 Å². The van der Waals surface area contributed by atoms with Gasteiger partial charge in [0.2, 0.25) is 0 Å². The number of benzene rings is 1. The molecule has 2 aliphatic heterocycles. The zero-order valence-corrected chi connectivity index (χ0v) is 15.8. The highest BCUT2D eigenvalue weighted by atomic mass is 16.5. The number of hydrogen-bond acceptors (Lipinski definition) is 4. The first-order valence-corrected chi connectivity index (χ1v) is 9.40. The van der Waals surface area contributed by atoms with Crippen molar-refractivity contribution in [1.29, 1.82) is 0 Å². The number of likely N-dealkylation sites (tertiary alicyclic amines) is 1. The van der Waals surface area contributed by atoms with E-state index in [9.17, 15) is 4.79 Å². The van der Waals surface area contributed by atoms with Crippen LogP contribution in [0.25, 0.3) is 0 Å². The van der Waals surface area contributed by atoms with E-state index in [1.807, 2.05) is 23.1 Å². The van der Waals surface area contributed by atoms with Crippen LogP contribution in [0.4, 0.5) is 0 Å². The van der Waals surface area contributed by atoms with Crippen LogP contribution in [0.5, 0.6) is 5.75 Å². The van der Waals surface area contributed by atoms with Gasteiger partial charge < -0.3 is 15.0 Å². The van der Waals surface area contributed by atoms with Crippen molar-refractivity contribution in [2.24, 2.45) is 0 Å². The molecule has 0 radical (unpaired) electrons. The number of piperazine rings is 1. The molecule has 0 aliphatic carbocycles. The van der Waals surface area contributed by atoms with E-state index < -0.39 is 0 Å². The Balaban J connectivity index is 1.54. The summed E-state index contributed by atoms with van der Waals surface area (Å²) in [7, 11) is 0. The first-order valence-electron chi connectivity index (χ1n) is 9.40. The Morgan fingerprint density at radius 2 is 1.92 bits per heavy atom. The topological polar surface area (TPSA) is 44.8 Å². The number of nitrogens with one attached hydrogen (secondary N) is 1. The zero-order valence-electron chi connectivity index (χ0n) is 15.8. The summed E-state index contributed by atoms with van der Waals surface area (Å²) in [5.41, 5.74) is 1.14. The summed E-state index contributed by atoms with van der Waals surface area (Å²) in [5.74, 6) is 0.919. The molecule has 5 heteroatoms. The van der Waals surface area contributed by atoms with Crippen LogP contribution in [0, 0.1) is 0 Å². The molecule has 25 heavy (non-hydrogen) atoms. The van der Waals surface area contributed by atoms with Gasteiger partial charge in [0.15, 0.2) is 6.61 Å². The Kier molecular flexibility index (Phi) is 5.64. The zero-order chi connectivity index (χ0) is 17.9. The van der Waals surface area contributed by atoms with Crippen molar-refractivity contribution in [3.63, 3.8) is 0 Å². The van der Waals surface area contributed by atoms with Crippen molar-refractivity contribution < 1.29 is 9.53 Å². The summed E-state index contributed by atoms with van der Waals surface area (Å²) in [5, 5.41) is 3.39. The fourth-order valence-electron chi connectivity index (χ4n) is 3.76. The number of amides is 1. The minimum absolute atomic E-state index is 0.000673. The molecule has 1 aromatic rings. The lowest BCUT2D eigenvalue weighted by molar-refractivity contribution is -0.132. The van der Waals surface area contributed by atoms with E-state index in [4.69, 9.17) is 4.74 Å². The van der Waals surface area contributed by atoms with Crippen LogP contribution in [0.15, 0.2) is 24.3 Å². The smallest absolute Gasteiger partial charge is 0.260 e. The van der Waals surface area contributed by atoms with Gasteiger partial charge in [0, 0.05) is 45.3 Å². The molecule has 0 spiro atoms. The van der Waals surface area contributed by atoms with E-state index in [0.29, 0.717) is 6.04 Å². The summed E-state index contributed by atoms with van der Waals surface area (Å²) >= 11 is 0. The fraction of sp³-hybridized carbons (Fsp3) is 0.650. The highest BCUT2D eigenvalue weighted by molar-refractivity contribution is 5.78. The number of rotatable bonds is 4. The molecule has 2 heterocycles. The van der Waals surface area contributed by atoms with Crippen LogP contribution in [0.1, 0.15) is 32.8 Å². The van der Waals surface area contributed by atoms with Gasteiger partial charge in [-0.1, -0.05) is 39.0 Å². The summed E-state index contributed by atoms with van der Waals surface area (Å²) in [6, 6.07) is 8.53. The normalized spacial score (nSPS) is 22.2. The molecule has 5 nitrogen and oxygen atoms in total. The van der Waals surface area contributed by atoms with Crippen molar-refractivity contribution in [3.8, 4) is 5.75 Å². The molecular formula is C20H31N3O2. The number of para-hydroxylation sites is 1. The number of ether oxygens (including phenoxy) is 1. The second-order valence-electron chi connectivity index (χ2n) is 8.10. The van der Waals surface area contributed by atoms with Gasteiger partial charge in [0.05, 0.1) is 0 Å². The molecule has 1 amide bonds. The van der Waals surface area contributed by atoms with Crippen molar-refractivity contribution in [3.05, 3.63) is 29.8 Å². The summed E-state index contributed by atoms with van der Waals surface area (Å²) in [4.78, 5) is 17.1. The van der Waals surface area contributed by atoms with Crippen molar-refractivity contribution in [2.45, 2.75) is 38.6 Å². The van der Waals surface area contributed by atoms with Gasteiger partial charge in [-0.3, -0.25) is 9.69 Å². The van der Waals surface area contributed by atoms with Gasteiger partial charge in [-0.25, -0.2) is 0 Å². The second-order valence-corrected chi connectivity index (χ2v) is 8.10. The molecule has 1 unspecified atom stereocenters. The molecule has 0 bridgehead atoms. The highest BCUT2D eigenvalue weighted by Crippen LogP contribution is 2.31. The number of carbonyl (C=O) groups is 1. The second kappa shape index (κ2) is 7.75. The first kappa shape index (κ1) is 18.2. The standard InChI is InChI=1S/C20H31N3O2/c1-20(2,3)17-6-4-5-7-18(17)25-15-19(24)23-11-8-16(14-23)22-12-9-21-10-13-22/h4-7,16,21H,8-15H2,1-3H3. The number of hydrogen-bond donors (Lipinski definition) is 1. The van der Waals surface area contributed by atoms with Crippen LogP contribution >= 0.6 is 0 Å². The van der Waals surface area contributed by atoms with Crippen LogP contribution in [0.2, 0.25) is 0 Å². The predicted molar refractivity (Wildman–Crippen MR) is 100 cm³/mol. The van der Waals surface area contributed by atoms with Gasteiger partial charge in [-0.05, 0) is 23.5 Å². The molecule has 138 valence electrons. The van der Waals surface area contributed by atoms with Gasteiger partial charge in [-0.15, -0.1) is 0 Å². The largest absolute Gasteiger partial charge is 0.483 e. The SMILES string of the molecule is CC(C)(C)c1ccccc1OCC(=O)N1CCC(N2CCNCC2)C1. The van der Waals surface area contributed by atoms with Crippen molar-refractivity contribution in [2.75, 3.05) is 45.9 Å². The molecule has 1 aromatic carbocycles. The maximum absolute atomic E-state index is 12.6. The molecule has 3 rings (SSSR count). The molecule has 2 aliphatic rings. The maximum atomic E-state index is 12.6. The van der Waals surface area contributed by atoms with E-state index in [1.165, 1.54) is 0 Å². The van der Waals surface area contributed by atoms with Gasteiger partial charge in [-0.2, -0.15) is 0 Å². The Hall–Kier alpha value is -1.59. The maximum Gasteiger partial charge on any atom is 0.260 e. The molecular weight excluding hydrogens is 314 g/mol. The lowest BCUT2D eigenvalue weighted by Gasteiger charge is -2.32. The minimum atomic E-state index is 0.000673. The third-order valence-corrected chi connectivity index (χ3v) is 5.23. The summed E-state index contributed by atoms with van der Waals surface area (Å²) < 4.78 is 5.90. The Labute approximate surface area is 151 Å². The van der Waals surface area contributed by atoms with E-state index in [0.717, 1.165) is 57.0 Å². The average Bonchev–Trinajstić information content (AvgIpc) is 3.10. The van der Waals surface area contributed by atoms with Crippen LogP contribution in [0.3, 0.4) is 0 Å². The van der Waals surface area contributed by atoms with Gasteiger partial charge >= 0.3 is 0 Å². The van der Waals surface area contributed by atoms with Crippen molar-refractivity contribution in [1.82, 2.24) is 15.1 Å². The summed E-state index contributed by atoms with van der Waals surface area (Å²) in [6.45, 7) is 12.6. The lowest BCUT2D eigenvalue weighted by Crippen LogP contribution is -2.49. The number of carbonyl (C=O) groups excluding carboxylic acids is 1. The molecule has 1 N–H and O–H groups in total. The molecule has 0 aromatic heterocycles. The Bertz CT molecular complexity index is 591. The van der Waals surface area contributed by atoms with Gasteiger partial charge in [0.1, 0.15) is 5.75 Å². The third kappa shape index (κ3) is 4.53. The summed E-state index contributed by atoms with van der Waals surface area (Å²) in [6.07, 6.45) is 1.07. The van der Waals surface area contributed by atoms with E-state index >= 15 is 0 Å². The average molecular weight is 345 g/mol. The quantitative estimate of drug-likeness (QED) is 0.905. The fourth-order valence-corrected chi connectivity index (χ4v) is 3.76. The lowest BCUT2D eigenvalue weighted by atomic mass is 9.86. The van der Waals surface area contributed by atoms with Crippen LogP contribution < -0.4 is 10.1 Å². The van der Waals surface area contributed by atoms with E-state index in [-0.39, 0.29) is 17.9 Å². The molecule has 0 saturated carbocycles. The molecule has 2 saturated heterocycles. The Morgan fingerprint density at radius 1 is 1.20 bits per heavy atom. The van der Waals surface area contributed by atoms with Crippen molar-refractivity contribution >= 4 is 5.91 Å².